The maximum Gasteiger partial charge on any atom is 0.257 e. The van der Waals surface area contributed by atoms with Crippen LogP contribution in [-0.2, 0) is 0 Å². The molecule has 0 atom stereocenters. The maximum absolute atomic E-state index is 12.2. The van der Waals surface area contributed by atoms with Crippen LogP contribution in [0.1, 0.15) is 30.1 Å². The van der Waals surface area contributed by atoms with Gasteiger partial charge >= 0.3 is 0 Å². The molecule has 0 unspecified atom stereocenters. The zero-order valence-corrected chi connectivity index (χ0v) is 10.8. The van der Waals surface area contributed by atoms with Crippen LogP contribution in [0.25, 0.3) is 0 Å². The molecular weight excluding hydrogens is 238 g/mol. The second-order valence-corrected chi connectivity index (χ2v) is 4.23. The summed E-state index contributed by atoms with van der Waals surface area (Å²) in [5.74, 6) is 0.272. The summed E-state index contributed by atoms with van der Waals surface area (Å²) >= 11 is 5.69. The van der Waals surface area contributed by atoms with Crippen molar-refractivity contribution in [3.05, 3.63) is 29.8 Å². The first-order chi connectivity index (χ1) is 8.20. The molecule has 4 heteroatoms. The predicted molar refractivity (Wildman–Crippen MR) is 69.6 cm³/mol. The normalized spacial score (nSPS) is 10.2. The van der Waals surface area contributed by atoms with E-state index < -0.39 is 0 Å². The summed E-state index contributed by atoms with van der Waals surface area (Å²) in [5.41, 5.74) is 0.341. The molecule has 0 aromatic heterocycles. The number of hydrogen-bond donors (Lipinski definition) is 1. The molecule has 0 radical (unpaired) electrons. The van der Waals surface area contributed by atoms with Gasteiger partial charge in [0.25, 0.3) is 5.91 Å². The average molecular weight is 256 g/mol. The number of unbranched alkanes of at least 4 members (excludes halogenated alkanes) is 1. The molecule has 0 saturated heterocycles. The van der Waals surface area contributed by atoms with Gasteiger partial charge in [-0.25, -0.2) is 0 Å². The quantitative estimate of drug-likeness (QED) is 0.794. The first-order valence-corrected chi connectivity index (χ1v) is 6.37. The molecule has 0 spiro atoms. The summed E-state index contributed by atoms with van der Waals surface area (Å²) < 4.78 is 0. The Morgan fingerprint density at radius 1 is 1.35 bits per heavy atom. The molecule has 1 rings (SSSR count). The maximum atomic E-state index is 12.2. The molecule has 1 N–H and O–H groups in total. The zero-order chi connectivity index (χ0) is 12.7. The van der Waals surface area contributed by atoms with Crippen LogP contribution in [0, 0.1) is 0 Å². The number of rotatable bonds is 6. The van der Waals surface area contributed by atoms with Crippen LogP contribution in [-0.4, -0.2) is 34.9 Å². The second-order valence-electron chi connectivity index (χ2n) is 3.85. The number of hydrogen-bond acceptors (Lipinski definition) is 2. The lowest BCUT2D eigenvalue weighted by Crippen LogP contribution is -2.33. The zero-order valence-electron chi connectivity index (χ0n) is 10.0. The summed E-state index contributed by atoms with van der Waals surface area (Å²) in [7, 11) is 0. The van der Waals surface area contributed by atoms with Gasteiger partial charge in [-0.3, -0.25) is 4.79 Å². The van der Waals surface area contributed by atoms with Crippen LogP contribution >= 0.6 is 11.6 Å². The van der Waals surface area contributed by atoms with E-state index in [1.807, 2.05) is 0 Å². The first-order valence-electron chi connectivity index (χ1n) is 5.84. The lowest BCUT2D eigenvalue weighted by atomic mass is 10.1. The van der Waals surface area contributed by atoms with Crippen molar-refractivity contribution in [1.82, 2.24) is 4.90 Å². The number of phenolic OH excluding ortho intramolecular Hbond substituents is 1. The van der Waals surface area contributed by atoms with Gasteiger partial charge in [0.15, 0.2) is 0 Å². The van der Waals surface area contributed by atoms with E-state index in [2.05, 4.69) is 6.92 Å². The molecule has 0 saturated carbocycles. The number of amides is 1. The van der Waals surface area contributed by atoms with Crippen molar-refractivity contribution in [2.45, 2.75) is 19.8 Å². The van der Waals surface area contributed by atoms with Gasteiger partial charge in [-0.15, -0.1) is 11.6 Å². The summed E-state index contributed by atoms with van der Waals surface area (Å²) in [6.45, 7) is 3.26. The van der Waals surface area contributed by atoms with E-state index in [9.17, 15) is 9.90 Å². The molecule has 1 aromatic carbocycles. The van der Waals surface area contributed by atoms with Crippen LogP contribution in [0.4, 0.5) is 0 Å². The Balaban J connectivity index is 2.80. The number of phenols is 1. The molecule has 0 aliphatic carbocycles. The molecule has 0 aliphatic heterocycles. The molecule has 0 heterocycles. The van der Waals surface area contributed by atoms with Crippen LogP contribution in [0.2, 0.25) is 0 Å². The fourth-order valence-corrected chi connectivity index (χ4v) is 1.79. The monoisotopic (exact) mass is 255 g/mol. The van der Waals surface area contributed by atoms with Crippen molar-refractivity contribution < 1.29 is 9.90 Å². The van der Waals surface area contributed by atoms with Crippen molar-refractivity contribution >= 4 is 17.5 Å². The molecule has 17 heavy (non-hydrogen) atoms. The molecule has 0 aliphatic rings. The number of carbonyl (C=O) groups excluding carboxylic acids is 1. The highest BCUT2D eigenvalue weighted by Crippen LogP contribution is 2.18. The third-order valence-electron chi connectivity index (χ3n) is 2.56. The second kappa shape index (κ2) is 7.17. The van der Waals surface area contributed by atoms with Crippen molar-refractivity contribution in [1.29, 1.82) is 0 Å². The number of alkyl halides is 1. The Kier molecular flexibility index (Phi) is 5.84. The number of para-hydroxylation sites is 1. The number of benzene rings is 1. The summed E-state index contributed by atoms with van der Waals surface area (Å²) in [6.07, 6.45) is 1.96. The van der Waals surface area contributed by atoms with Crippen molar-refractivity contribution in [2.24, 2.45) is 0 Å². The van der Waals surface area contributed by atoms with Crippen molar-refractivity contribution in [3.8, 4) is 5.75 Å². The third-order valence-corrected chi connectivity index (χ3v) is 2.73. The van der Waals surface area contributed by atoms with Gasteiger partial charge in [0.2, 0.25) is 0 Å². The average Bonchev–Trinajstić information content (AvgIpc) is 2.34. The highest BCUT2D eigenvalue weighted by molar-refractivity contribution is 6.18. The van der Waals surface area contributed by atoms with Crippen molar-refractivity contribution in [2.75, 3.05) is 19.0 Å². The fourth-order valence-electron chi connectivity index (χ4n) is 1.59. The van der Waals surface area contributed by atoms with E-state index in [-0.39, 0.29) is 11.7 Å². The Hall–Kier alpha value is -1.22. The molecule has 0 bridgehead atoms. The summed E-state index contributed by atoms with van der Waals surface area (Å²) in [4.78, 5) is 13.9. The molecule has 3 nitrogen and oxygen atoms in total. The molecular formula is C13H18ClNO2. The predicted octanol–water partition coefficient (Wildman–Crippen LogP) is 2.87. The van der Waals surface area contributed by atoms with E-state index in [1.165, 1.54) is 6.07 Å². The summed E-state index contributed by atoms with van der Waals surface area (Å²) in [6, 6.07) is 6.59. The topological polar surface area (TPSA) is 40.5 Å². The van der Waals surface area contributed by atoms with Gasteiger partial charge in [-0.2, -0.15) is 0 Å². The lowest BCUT2D eigenvalue weighted by molar-refractivity contribution is 0.0760. The standard InChI is InChI=1S/C13H18ClNO2/c1-2-3-9-15(10-8-14)13(17)11-6-4-5-7-12(11)16/h4-7,16H,2-3,8-10H2,1H3. The van der Waals surface area contributed by atoms with Crippen LogP contribution in [0.3, 0.4) is 0 Å². The molecule has 1 aromatic rings. The van der Waals surface area contributed by atoms with Crippen molar-refractivity contribution in [3.63, 3.8) is 0 Å². The van der Waals surface area contributed by atoms with Gasteiger partial charge in [0.05, 0.1) is 5.56 Å². The Labute approximate surface area is 107 Å². The first kappa shape index (κ1) is 13.8. The molecule has 0 fully saturated rings. The SMILES string of the molecule is CCCCN(CCCl)C(=O)c1ccccc1O. The Bertz CT molecular complexity index is 368. The number of aromatic hydroxyl groups is 1. The van der Waals surface area contributed by atoms with Gasteiger partial charge < -0.3 is 10.0 Å². The van der Waals surface area contributed by atoms with E-state index in [0.29, 0.717) is 24.5 Å². The van der Waals surface area contributed by atoms with Crippen LogP contribution in [0.15, 0.2) is 24.3 Å². The van der Waals surface area contributed by atoms with E-state index in [0.717, 1.165) is 12.8 Å². The number of halogens is 1. The minimum absolute atomic E-state index is 0.0218. The van der Waals surface area contributed by atoms with Crippen LogP contribution in [0.5, 0.6) is 5.75 Å². The summed E-state index contributed by atoms with van der Waals surface area (Å²) in [5, 5.41) is 9.64. The van der Waals surface area contributed by atoms with E-state index in [1.54, 1.807) is 23.1 Å². The highest BCUT2D eigenvalue weighted by atomic mass is 35.5. The molecule has 1 amide bonds. The molecule has 94 valence electrons. The highest BCUT2D eigenvalue weighted by Gasteiger charge is 2.17. The van der Waals surface area contributed by atoms with Gasteiger partial charge in [-0.1, -0.05) is 25.5 Å². The minimum Gasteiger partial charge on any atom is -0.507 e. The minimum atomic E-state index is -0.155. The number of nitrogens with zero attached hydrogens (tertiary/aromatic N) is 1. The smallest absolute Gasteiger partial charge is 0.257 e. The lowest BCUT2D eigenvalue weighted by Gasteiger charge is -2.21. The van der Waals surface area contributed by atoms with E-state index >= 15 is 0 Å². The Morgan fingerprint density at radius 3 is 2.65 bits per heavy atom. The van der Waals surface area contributed by atoms with Gasteiger partial charge in [0.1, 0.15) is 5.75 Å². The number of carbonyl (C=O) groups is 1. The van der Waals surface area contributed by atoms with Crippen LogP contribution < -0.4 is 0 Å². The largest absolute Gasteiger partial charge is 0.507 e. The van der Waals surface area contributed by atoms with Gasteiger partial charge in [0, 0.05) is 19.0 Å². The van der Waals surface area contributed by atoms with E-state index in [4.69, 9.17) is 11.6 Å². The third kappa shape index (κ3) is 3.93. The fraction of sp³-hybridized carbons (Fsp3) is 0.462. The Morgan fingerprint density at radius 2 is 2.06 bits per heavy atom. The van der Waals surface area contributed by atoms with Gasteiger partial charge in [-0.05, 0) is 18.6 Å².